The Balaban J connectivity index is 2.47. The Hall–Kier alpha value is -0.910. The van der Waals surface area contributed by atoms with E-state index in [9.17, 15) is 0 Å². The second-order valence-electron chi connectivity index (χ2n) is 5.26. The molecule has 0 bridgehead atoms. The van der Waals surface area contributed by atoms with E-state index in [-0.39, 0.29) is 5.41 Å². The fourth-order valence-electron chi connectivity index (χ4n) is 1.77. The molecule has 1 heterocycles. The summed E-state index contributed by atoms with van der Waals surface area (Å²) in [4.78, 5) is 2.20. The minimum absolute atomic E-state index is 0.119. The quantitative estimate of drug-likeness (QED) is 0.778. The van der Waals surface area contributed by atoms with Crippen molar-refractivity contribution in [2.45, 2.75) is 27.0 Å². The van der Waals surface area contributed by atoms with Crippen LogP contribution in [0.2, 0.25) is 0 Å². The van der Waals surface area contributed by atoms with E-state index < -0.39 is 0 Å². The molecule has 0 unspecified atom stereocenters. The van der Waals surface area contributed by atoms with Crippen LogP contribution in [-0.2, 0) is 17.9 Å². The molecule has 0 amide bonds. The maximum atomic E-state index is 5.71. The molecule has 1 aromatic rings. The van der Waals surface area contributed by atoms with E-state index in [1.165, 1.54) is 0 Å². The van der Waals surface area contributed by atoms with Crippen LogP contribution in [0.1, 0.15) is 25.3 Å². The smallest absolute Gasteiger partial charge is 0.162 e. The van der Waals surface area contributed by atoms with Crippen molar-refractivity contribution in [2.24, 2.45) is 11.1 Å². The zero-order valence-electron chi connectivity index (χ0n) is 11.2. The van der Waals surface area contributed by atoms with Crippen molar-refractivity contribution in [3.63, 3.8) is 0 Å². The predicted molar refractivity (Wildman–Crippen MR) is 66.4 cm³/mol. The van der Waals surface area contributed by atoms with Gasteiger partial charge in [-0.3, -0.25) is 4.90 Å². The van der Waals surface area contributed by atoms with Crippen LogP contribution in [0, 0.1) is 5.41 Å². The van der Waals surface area contributed by atoms with Gasteiger partial charge in [0.1, 0.15) is 6.61 Å². The van der Waals surface area contributed by atoms with Crippen molar-refractivity contribution >= 4 is 0 Å². The molecule has 0 atom stereocenters. The van der Waals surface area contributed by atoms with Crippen LogP contribution in [0.25, 0.3) is 0 Å². The molecule has 0 spiro atoms. The van der Waals surface area contributed by atoms with Crippen LogP contribution in [0.4, 0.5) is 0 Å². The maximum Gasteiger partial charge on any atom is 0.162 e. The largest absolute Gasteiger partial charge is 0.377 e. The monoisotopic (exact) mass is 241 g/mol. The Kier molecular flexibility index (Phi) is 5.11. The van der Waals surface area contributed by atoms with Gasteiger partial charge in [0.15, 0.2) is 5.76 Å². The second kappa shape index (κ2) is 6.14. The summed E-state index contributed by atoms with van der Waals surface area (Å²) < 4.78 is 10.1. The fraction of sp³-hybridized carbons (Fsp3) is 0.750. The number of nitrogens with zero attached hydrogens (tertiary/aromatic N) is 2. The first kappa shape index (κ1) is 14.2. The zero-order chi connectivity index (χ0) is 12.9. The van der Waals surface area contributed by atoms with Gasteiger partial charge < -0.3 is 15.0 Å². The van der Waals surface area contributed by atoms with Gasteiger partial charge >= 0.3 is 0 Å². The third kappa shape index (κ3) is 4.85. The molecule has 17 heavy (non-hydrogen) atoms. The van der Waals surface area contributed by atoms with E-state index >= 15 is 0 Å². The van der Waals surface area contributed by atoms with E-state index in [1.54, 1.807) is 7.11 Å². The van der Waals surface area contributed by atoms with E-state index in [0.717, 1.165) is 24.5 Å². The molecular weight excluding hydrogens is 218 g/mol. The van der Waals surface area contributed by atoms with Crippen LogP contribution >= 0.6 is 0 Å². The van der Waals surface area contributed by atoms with Gasteiger partial charge in [-0.1, -0.05) is 19.0 Å². The predicted octanol–water partition coefficient (Wildman–Crippen LogP) is 1.24. The highest BCUT2D eigenvalue weighted by Crippen LogP contribution is 2.15. The summed E-state index contributed by atoms with van der Waals surface area (Å²) in [5.41, 5.74) is 6.76. The van der Waals surface area contributed by atoms with E-state index in [4.69, 9.17) is 15.0 Å². The molecule has 1 aromatic heterocycles. The van der Waals surface area contributed by atoms with Crippen molar-refractivity contribution in [3.8, 4) is 0 Å². The summed E-state index contributed by atoms with van der Waals surface area (Å²) in [5.74, 6) is 0.758. The Morgan fingerprint density at radius 3 is 2.82 bits per heavy atom. The molecular formula is C12H23N3O2. The lowest BCUT2D eigenvalue weighted by Gasteiger charge is -2.28. The molecule has 0 saturated heterocycles. The summed E-state index contributed by atoms with van der Waals surface area (Å²) in [7, 11) is 3.69. The fourth-order valence-corrected chi connectivity index (χ4v) is 1.77. The first-order valence-electron chi connectivity index (χ1n) is 5.79. The van der Waals surface area contributed by atoms with Crippen LogP contribution < -0.4 is 5.73 Å². The van der Waals surface area contributed by atoms with E-state index in [1.807, 2.05) is 6.07 Å². The van der Waals surface area contributed by atoms with Crippen molar-refractivity contribution < 1.29 is 9.26 Å². The molecule has 2 N–H and O–H groups in total. The average Bonchev–Trinajstić information content (AvgIpc) is 2.65. The van der Waals surface area contributed by atoms with Crippen LogP contribution in [-0.4, -0.2) is 37.3 Å². The van der Waals surface area contributed by atoms with Crippen LogP contribution in [0.15, 0.2) is 10.6 Å². The average molecular weight is 241 g/mol. The van der Waals surface area contributed by atoms with Gasteiger partial charge in [0.05, 0.1) is 5.69 Å². The third-order valence-corrected chi connectivity index (χ3v) is 2.58. The van der Waals surface area contributed by atoms with Gasteiger partial charge in [0.2, 0.25) is 0 Å². The number of aromatic nitrogens is 1. The lowest BCUT2D eigenvalue weighted by molar-refractivity contribution is 0.155. The normalized spacial score (nSPS) is 12.4. The number of nitrogens with two attached hydrogens (primary N) is 1. The SMILES string of the molecule is COCc1cc(CN(C)CC(C)(C)CN)no1. The summed E-state index contributed by atoms with van der Waals surface area (Å²) >= 11 is 0. The number of rotatable bonds is 7. The molecule has 0 fully saturated rings. The zero-order valence-corrected chi connectivity index (χ0v) is 11.2. The van der Waals surface area contributed by atoms with Gasteiger partial charge in [-0.15, -0.1) is 0 Å². The van der Waals surface area contributed by atoms with Crippen molar-refractivity contribution in [1.82, 2.24) is 10.1 Å². The van der Waals surface area contributed by atoms with E-state index in [2.05, 4.69) is 31.0 Å². The molecule has 5 nitrogen and oxygen atoms in total. The number of ether oxygens (including phenoxy) is 1. The Morgan fingerprint density at radius 1 is 1.53 bits per heavy atom. The van der Waals surface area contributed by atoms with Gasteiger partial charge in [-0.25, -0.2) is 0 Å². The Morgan fingerprint density at radius 2 is 2.24 bits per heavy atom. The van der Waals surface area contributed by atoms with Gasteiger partial charge in [0, 0.05) is 26.3 Å². The molecule has 5 heteroatoms. The highest BCUT2D eigenvalue weighted by molar-refractivity contribution is 5.04. The summed E-state index contributed by atoms with van der Waals surface area (Å²) in [6.45, 7) is 7.13. The Labute approximate surface area is 103 Å². The first-order valence-corrected chi connectivity index (χ1v) is 5.79. The van der Waals surface area contributed by atoms with Crippen molar-refractivity contribution in [2.75, 3.05) is 27.2 Å². The van der Waals surface area contributed by atoms with Crippen LogP contribution in [0.5, 0.6) is 0 Å². The standard InChI is InChI=1S/C12H23N3O2/c1-12(2,8-13)9-15(3)6-10-5-11(7-16-4)17-14-10/h5H,6-9,13H2,1-4H3. The minimum atomic E-state index is 0.119. The van der Waals surface area contributed by atoms with Crippen LogP contribution in [0.3, 0.4) is 0 Å². The molecule has 0 aromatic carbocycles. The highest BCUT2D eigenvalue weighted by atomic mass is 16.5. The van der Waals surface area contributed by atoms with Gasteiger partial charge in [-0.05, 0) is 19.0 Å². The molecule has 0 radical (unpaired) electrons. The summed E-state index contributed by atoms with van der Waals surface area (Å²) in [6, 6.07) is 1.93. The molecule has 0 saturated carbocycles. The first-order chi connectivity index (χ1) is 7.96. The minimum Gasteiger partial charge on any atom is -0.377 e. The molecule has 0 aliphatic heterocycles. The highest BCUT2D eigenvalue weighted by Gasteiger charge is 2.18. The number of methoxy groups -OCH3 is 1. The van der Waals surface area contributed by atoms with Gasteiger partial charge in [0.25, 0.3) is 0 Å². The number of hydrogen-bond acceptors (Lipinski definition) is 5. The topological polar surface area (TPSA) is 64.5 Å². The molecule has 0 aliphatic rings. The molecule has 0 aliphatic carbocycles. The third-order valence-electron chi connectivity index (χ3n) is 2.58. The lowest BCUT2D eigenvalue weighted by atomic mass is 9.93. The summed E-state index contributed by atoms with van der Waals surface area (Å²) in [5, 5.41) is 4.00. The maximum absolute atomic E-state index is 5.71. The van der Waals surface area contributed by atoms with Crippen molar-refractivity contribution in [1.29, 1.82) is 0 Å². The molecule has 1 rings (SSSR count). The number of hydrogen-bond donors (Lipinski definition) is 1. The Bertz CT molecular complexity index is 336. The lowest BCUT2D eigenvalue weighted by Crippen LogP contribution is -2.36. The van der Waals surface area contributed by atoms with E-state index in [0.29, 0.717) is 13.2 Å². The van der Waals surface area contributed by atoms with Gasteiger partial charge in [-0.2, -0.15) is 0 Å². The molecule has 98 valence electrons. The van der Waals surface area contributed by atoms with Crippen molar-refractivity contribution in [3.05, 3.63) is 17.5 Å². The second-order valence-corrected chi connectivity index (χ2v) is 5.26. The summed E-state index contributed by atoms with van der Waals surface area (Å²) in [6.07, 6.45) is 0.